The molecule has 1 aromatic carbocycles. The van der Waals surface area contributed by atoms with E-state index < -0.39 is 0 Å². The molecule has 19 heavy (non-hydrogen) atoms. The minimum absolute atomic E-state index is 0.360. The van der Waals surface area contributed by atoms with Crippen LogP contribution in [0.4, 0.5) is 5.69 Å². The third kappa shape index (κ3) is 2.72. The van der Waals surface area contributed by atoms with Crippen LogP contribution in [0, 0.1) is 6.92 Å². The molecule has 0 saturated carbocycles. The van der Waals surface area contributed by atoms with Crippen LogP contribution in [0.5, 0.6) is 0 Å². The lowest BCUT2D eigenvalue weighted by Gasteiger charge is -2.27. The van der Waals surface area contributed by atoms with Crippen LogP contribution in [-0.2, 0) is 0 Å². The van der Waals surface area contributed by atoms with E-state index in [1.165, 1.54) is 10.5 Å². The molecule has 1 unspecified atom stereocenters. The average molecular weight is 291 g/mol. The number of thioether (sulfide) groups is 1. The first-order valence-electron chi connectivity index (χ1n) is 6.35. The monoisotopic (exact) mass is 290 g/mol. The Balaban J connectivity index is 1.88. The molecule has 2 aromatic rings. The summed E-state index contributed by atoms with van der Waals surface area (Å²) < 4.78 is 0. The maximum atomic E-state index is 5.90. The second-order valence-electron chi connectivity index (χ2n) is 4.64. The highest BCUT2D eigenvalue weighted by Gasteiger charge is 2.20. The lowest BCUT2D eigenvalue weighted by Crippen LogP contribution is -2.16. The second kappa shape index (κ2) is 5.43. The van der Waals surface area contributed by atoms with Crippen LogP contribution in [0.2, 0.25) is 5.15 Å². The van der Waals surface area contributed by atoms with Crippen molar-refractivity contribution in [1.82, 2.24) is 4.98 Å². The predicted molar refractivity (Wildman–Crippen MR) is 82.1 cm³/mol. The number of nitrogens with zero attached hydrogens (tertiary/aromatic N) is 1. The van der Waals surface area contributed by atoms with Gasteiger partial charge in [0.15, 0.2) is 0 Å². The minimum atomic E-state index is 0.360. The van der Waals surface area contributed by atoms with Gasteiger partial charge in [-0.1, -0.05) is 29.8 Å². The van der Waals surface area contributed by atoms with Gasteiger partial charge in [-0.3, -0.25) is 0 Å². The van der Waals surface area contributed by atoms with Crippen molar-refractivity contribution >= 4 is 29.1 Å². The molecule has 0 fully saturated rings. The number of hydrogen-bond donors (Lipinski definition) is 1. The summed E-state index contributed by atoms with van der Waals surface area (Å²) in [5.41, 5.74) is 3.40. The molecule has 0 saturated heterocycles. The summed E-state index contributed by atoms with van der Waals surface area (Å²) >= 11 is 7.83. The first kappa shape index (κ1) is 12.8. The van der Waals surface area contributed by atoms with Crippen LogP contribution >= 0.6 is 23.4 Å². The lowest BCUT2D eigenvalue weighted by atomic mass is 10.0. The topological polar surface area (TPSA) is 24.9 Å². The number of nitrogens with one attached hydrogen (secondary N) is 1. The summed E-state index contributed by atoms with van der Waals surface area (Å²) in [4.78, 5) is 5.67. The van der Waals surface area contributed by atoms with Crippen LogP contribution in [-0.4, -0.2) is 10.7 Å². The van der Waals surface area contributed by atoms with Gasteiger partial charge in [-0.15, -0.1) is 11.8 Å². The quantitative estimate of drug-likeness (QED) is 0.812. The molecule has 0 spiro atoms. The molecule has 0 aliphatic carbocycles. The van der Waals surface area contributed by atoms with Crippen LogP contribution in [0.15, 0.2) is 41.3 Å². The standard InChI is InChI=1S/C15H15ClN2S/c1-10-12(6-7-15(16)17-10)18-13-8-9-19-14-5-3-2-4-11(13)14/h2-7,13,18H,8-9H2,1H3. The molecule has 0 bridgehead atoms. The van der Waals surface area contributed by atoms with Crippen molar-refractivity contribution in [1.29, 1.82) is 0 Å². The van der Waals surface area contributed by atoms with Gasteiger partial charge < -0.3 is 5.32 Å². The van der Waals surface area contributed by atoms with E-state index in [1.807, 2.05) is 30.8 Å². The summed E-state index contributed by atoms with van der Waals surface area (Å²) in [7, 11) is 0. The van der Waals surface area contributed by atoms with E-state index in [2.05, 4.69) is 34.6 Å². The Bertz CT molecular complexity index is 600. The highest BCUT2D eigenvalue weighted by atomic mass is 35.5. The number of rotatable bonds is 2. The van der Waals surface area contributed by atoms with E-state index in [1.54, 1.807) is 0 Å². The number of fused-ring (bicyclic) bond motifs is 1. The molecule has 0 radical (unpaired) electrons. The number of hydrogen-bond acceptors (Lipinski definition) is 3. The van der Waals surface area contributed by atoms with Crippen molar-refractivity contribution in [2.75, 3.05) is 11.1 Å². The zero-order valence-corrected chi connectivity index (χ0v) is 12.3. The molecule has 1 aromatic heterocycles. The normalized spacial score (nSPS) is 17.9. The summed E-state index contributed by atoms with van der Waals surface area (Å²) in [5, 5.41) is 4.14. The highest BCUT2D eigenvalue weighted by molar-refractivity contribution is 7.99. The van der Waals surface area contributed by atoms with Crippen molar-refractivity contribution in [2.24, 2.45) is 0 Å². The smallest absolute Gasteiger partial charge is 0.129 e. The molecular formula is C15H15ClN2S. The van der Waals surface area contributed by atoms with Gasteiger partial charge >= 0.3 is 0 Å². The number of halogens is 1. The van der Waals surface area contributed by atoms with E-state index in [-0.39, 0.29) is 0 Å². The molecule has 1 atom stereocenters. The molecule has 1 aliphatic heterocycles. The Hall–Kier alpha value is -1.19. The van der Waals surface area contributed by atoms with Crippen LogP contribution in [0.25, 0.3) is 0 Å². The van der Waals surface area contributed by atoms with Gasteiger partial charge in [0.05, 0.1) is 17.4 Å². The molecule has 2 heterocycles. The van der Waals surface area contributed by atoms with E-state index in [4.69, 9.17) is 11.6 Å². The van der Waals surface area contributed by atoms with Crippen molar-refractivity contribution < 1.29 is 0 Å². The van der Waals surface area contributed by atoms with Gasteiger partial charge in [0.1, 0.15) is 5.15 Å². The van der Waals surface area contributed by atoms with Gasteiger partial charge in [0.2, 0.25) is 0 Å². The first-order valence-corrected chi connectivity index (χ1v) is 7.72. The molecule has 0 amide bonds. The highest BCUT2D eigenvalue weighted by Crippen LogP contribution is 2.38. The Morgan fingerprint density at radius 3 is 2.95 bits per heavy atom. The first-order chi connectivity index (χ1) is 9.24. The minimum Gasteiger partial charge on any atom is -0.377 e. The van der Waals surface area contributed by atoms with E-state index in [0.717, 1.165) is 23.6 Å². The molecule has 1 N–H and O–H groups in total. The fourth-order valence-electron chi connectivity index (χ4n) is 2.36. The summed E-state index contributed by atoms with van der Waals surface area (Å²) in [6.45, 7) is 1.98. The van der Waals surface area contributed by atoms with Gasteiger partial charge in [-0.05, 0) is 37.1 Å². The Morgan fingerprint density at radius 1 is 1.26 bits per heavy atom. The summed E-state index contributed by atoms with van der Waals surface area (Å²) in [6, 6.07) is 12.8. The van der Waals surface area contributed by atoms with Gasteiger partial charge in [-0.2, -0.15) is 0 Å². The van der Waals surface area contributed by atoms with E-state index in [0.29, 0.717) is 11.2 Å². The van der Waals surface area contributed by atoms with Crippen molar-refractivity contribution in [3.63, 3.8) is 0 Å². The third-order valence-corrected chi connectivity index (χ3v) is 4.67. The number of aromatic nitrogens is 1. The maximum Gasteiger partial charge on any atom is 0.129 e. The third-order valence-electron chi connectivity index (χ3n) is 3.34. The van der Waals surface area contributed by atoms with Crippen LogP contribution in [0.1, 0.15) is 23.7 Å². The SMILES string of the molecule is Cc1nc(Cl)ccc1NC1CCSc2ccccc21. The van der Waals surface area contributed by atoms with Gasteiger partial charge in [-0.25, -0.2) is 4.98 Å². The van der Waals surface area contributed by atoms with Gasteiger partial charge in [0.25, 0.3) is 0 Å². The van der Waals surface area contributed by atoms with Crippen LogP contribution < -0.4 is 5.32 Å². The second-order valence-corrected chi connectivity index (χ2v) is 6.16. The predicted octanol–water partition coefficient (Wildman–Crippen LogP) is 4.69. The molecule has 4 heteroatoms. The van der Waals surface area contributed by atoms with Crippen LogP contribution in [0.3, 0.4) is 0 Å². The van der Waals surface area contributed by atoms with Gasteiger partial charge in [0, 0.05) is 10.6 Å². The number of aryl methyl sites for hydroxylation is 1. The Morgan fingerprint density at radius 2 is 2.11 bits per heavy atom. The number of benzene rings is 1. The maximum absolute atomic E-state index is 5.90. The largest absolute Gasteiger partial charge is 0.377 e. The molecular weight excluding hydrogens is 276 g/mol. The fourth-order valence-corrected chi connectivity index (χ4v) is 3.68. The molecule has 2 nitrogen and oxygen atoms in total. The summed E-state index contributed by atoms with van der Waals surface area (Å²) in [5.74, 6) is 1.15. The average Bonchev–Trinajstić information content (AvgIpc) is 2.42. The fraction of sp³-hybridized carbons (Fsp3) is 0.267. The molecule has 3 rings (SSSR count). The molecule has 1 aliphatic rings. The zero-order valence-electron chi connectivity index (χ0n) is 10.7. The Kier molecular flexibility index (Phi) is 3.67. The molecule has 98 valence electrons. The van der Waals surface area contributed by atoms with Crippen molar-refractivity contribution in [3.8, 4) is 0 Å². The number of pyridine rings is 1. The van der Waals surface area contributed by atoms with Crippen molar-refractivity contribution in [2.45, 2.75) is 24.3 Å². The zero-order chi connectivity index (χ0) is 13.2. The Labute approximate surface area is 122 Å². The van der Waals surface area contributed by atoms with Crippen molar-refractivity contribution in [3.05, 3.63) is 52.8 Å². The summed E-state index contributed by atoms with van der Waals surface area (Å²) in [6.07, 6.45) is 1.13. The lowest BCUT2D eigenvalue weighted by molar-refractivity contribution is 0.727. The van der Waals surface area contributed by atoms with E-state index in [9.17, 15) is 0 Å². The number of anilines is 1. The van der Waals surface area contributed by atoms with E-state index >= 15 is 0 Å².